The Labute approximate surface area is 130 Å². The smallest absolute Gasteiger partial charge is 0.270 e. The summed E-state index contributed by atoms with van der Waals surface area (Å²) in [4.78, 5) is 22.7. The molecule has 22 heavy (non-hydrogen) atoms. The van der Waals surface area contributed by atoms with E-state index in [-0.39, 0.29) is 5.91 Å². The highest BCUT2D eigenvalue weighted by molar-refractivity contribution is 5.93. The number of ether oxygens (including phenoxy) is 1. The zero-order chi connectivity index (χ0) is 15.8. The van der Waals surface area contributed by atoms with Gasteiger partial charge in [-0.1, -0.05) is 6.08 Å². The maximum absolute atomic E-state index is 11.9. The van der Waals surface area contributed by atoms with Gasteiger partial charge in [0, 0.05) is 38.8 Å². The summed E-state index contributed by atoms with van der Waals surface area (Å²) in [6.07, 6.45) is 1.63. The molecule has 1 amide bonds. The molecule has 1 fully saturated rings. The Kier molecular flexibility index (Phi) is 6.29. The molecule has 0 aromatic carbocycles. The van der Waals surface area contributed by atoms with Gasteiger partial charge in [0.25, 0.3) is 5.91 Å². The number of hydrogen-bond donors (Lipinski definition) is 2. The molecular formula is C15H23N5O2. The van der Waals surface area contributed by atoms with E-state index in [2.05, 4.69) is 32.1 Å². The minimum Gasteiger partial charge on any atom is -0.379 e. The normalized spacial score (nSPS) is 15.3. The number of aromatic nitrogens is 2. The predicted molar refractivity (Wildman–Crippen MR) is 85.0 cm³/mol. The molecule has 0 atom stereocenters. The first-order valence-electron chi connectivity index (χ1n) is 7.48. The first-order chi connectivity index (χ1) is 10.7. The maximum Gasteiger partial charge on any atom is 0.270 e. The average molecular weight is 305 g/mol. The number of nitrogens with one attached hydrogen (secondary N) is 2. The fraction of sp³-hybridized carbons (Fsp3) is 0.533. The summed E-state index contributed by atoms with van der Waals surface area (Å²) in [5.41, 5.74) is 0.364. The van der Waals surface area contributed by atoms with Gasteiger partial charge in [0.15, 0.2) is 0 Å². The quantitative estimate of drug-likeness (QED) is 0.712. The molecule has 0 spiro atoms. The lowest BCUT2D eigenvalue weighted by Gasteiger charge is -2.26. The molecule has 0 aliphatic carbocycles. The van der Waals surface area contributed by atoms with Crippen molar-refractivity contribution in [3.8, 4) is 0 Å². The van der Waals surface area contributed by atoms with Crippen molar-refractivity contribution in [1.82, 2.24) is 20.2 Å². The van der Waals surface area contributed by atoms with Gasteiger partial charge in [0.1, 0.15) is 17.3 Å². The van der Waals surface area contributed by atoms with Crippen molar-refractivity contribution in [3.63, 3.8) is 0 Å². The third kappa shape index (κ3) is 5.09. The van der Waals surface area contributed by atoms with Crippen LogP contribution in [-0.4, -0.2) is 66.7 Å². The standard InChI is InChI=1S/C15H23N5O2/c1-3-4-17-15(21)13-11-14(19-12(2)18-13)16-5-6-20-7-9-22-10-8-20/h3,11H,1,4-10H2,2H3,(H,17,21)(H,16,18,19). The van der Waals surface area contributed by atoms with Crippen molar-refractivity contribution >= 4 is 11.7 Å². The Morgan fingerprint density at radius 1 is 1.45 bits per heavy atom. The Morgan fingerprint density at radius 3 is 2.95 bits per heavy atom. The summed E-state index contributed by atoms with van der Waals surface area (Å²) >= 11 is 0. The first kappa shape index (κ1) is 16.4. The van der Waals surface area contributed by atoms with Crippen LogP contribution in [0.5, 0.6) is 0 Å². The molecule has 1 aliphatic heterocycles. The monoisotopic (exact) mass is 305 g/mol. The third-order valence-corrected chi connectivity index (χ3v) is 3.32. The number of nitrogens with zero attached hydrogens (tertiary/aromatic N) is 3. The van der Waals surface area contributed by atoms with Gasteiger partial charge in [0.2, 0.25) is 0 Å². The molecule has 2 heterocycles. The van der Waals surface area contributed by atoms with E-state index in [4.69, 9.17) is 4.74 Å². The number of amides is 1. The lowest BCUT2D eigenvalue weighted by Crippen LogP contribution is -2.39. The summed E-state index contributed by atoms with van der Waals surface area (Å²) in [6.45, 7) is 11.0. The number of aryl methyl sites for hydroxylation is 1. The van der Waals surface area contributed by atoms with E-state index < -0.39 is 0 Å². The Hall–Kier alpha value is -1.99. The van der Waals surface area contributed by atoms with Gasteiger partial charge < -0.3 is 15.4 Å². The van der Waals surface area contributed by atoms with Crippen molar-refractivity contribution < 1.29 is 9.53 Å². The van der Waals surface area contributed by atoms with E-state index in [1.165, 1.54) is 0 Å². The third-order valence-electron chi connectivity index (χ3n) is 3.32. The fourth-order valence-electron chi connectivity index (χ4n) is 2.20. The average Bonchev–Trinajstić information content (AvgIpc) is 2.53. The molecule has 0 radical (unpaired) electrons. The molecule has 1 aliphatic rings. The summed E-state index contributed by atoms with van der Waals surface area (Å²) < 4.78 is 5.32. The molecule has 0 unspecified atom stereocenters. The topological polar surface area (TPSA) is 79.4 Å². The lowest BCUT2D eigenvalue weighted by atomic mass is 10.3. The van der Waals surface area contributed by atoms with Crippen molar-refractivity contribution in [1.29, 1.82) is 0 Å². The Balaban J connectivity index is 1.88. The van der Waals surface area contributed by atoms with Gasteiger partial charge in [-0.3, -0.25) is 9.69 Å². The molecular weight excluding hydrogens is 282 g/mol. The van der Waals surface area contributed by atoms with Crippen molar-refractivity contribution in [3.05, 3.63) is 30.2 Å². The molecule has 0 bridgehead atoms. The van der Waals surface area contributed by atoms with E-state index in [1.54, 1.807) is 19.1 Å². The second kappa shape index (κ2) is 8.45. The summed E-state index contributed by atoms with van der Waals surface area (Å²) in [5, 5.41) is 5.96. The van der Waals surface area contributed by atoms with Crippen LogP contribution in [0.3, 0.4) is 0 Å². The van der Waals surface area contributed by atoms with Crippen LogP contribution in [0.25, 0.3) is 0 Å². The number of carbonyl (C=O) groups is 1. The molecule has 1 saturated heterocycles. The van der Waals surface area contributed by atoms with Gasteiger partial charge in [-0.25, -0.2) is 9.97 Å². The van der Waals surface area contributed by atoms with E-state index in [0.717, 1.165) is 39.4 Å². The molecule has 1 aromatic heterocycles. The summed E-state index contributed by atoms with van der Waals surface area (Å²) in [6, 6.07) is 1.67. The van der Waals surface area contributed by atoms with E-state index >= 15 is 0 Å². The molecule has 7 heteroatoms. The van der Waals surface area contributed by atoms with Crippen LogP contribution >= 0.6 is 0 Å². The SMILES string of the molecule is C=CCNC(=O)c1cc(NCCN2CCOCC2)nc(C)n1. The number of hydrogen-bond acceptors (Lipinski definition) is 6. The van der Waals surface area contributed by atoms with Crippen molar-refractivity contribution in [2.75, 3.05) is 51.3 Å². The lowest BCUT2D eigenvalue weighted by molar-refractivity contribution is 0.0398. The minimum atomic E-state index is -0.221. The zero-order valence-corrected chi connectivity index (χ0v) is 13.0. The minimum absolute atomic E-state index is 0.221. The van der Waals surface area contributed by atoms with Crippen LogP contribution in [-0.2, 0) is 4.74 Å². The van der Waals surface area contributed by atoms with Gasteiger partial charge in [0.05, 0.1) is 13.2 Å². The zero-order valence-electron chi connectivity index (χ0n) is 13.0. The first-order valence-corrected chi connectivity index (χ1v) is 7.48. The van der Waals surface area contributed by atoms with Gasteiger partial charge in [-0.2, -0.15) is 0 Å². The van der Waals surface area contributed by atoms with E-state index in [9.17, 15) is 4.79 Å². The largest absolute Gasteiger partial charge is 0.379 e. The maximum atomic E-state index is 11.9. The predicted octanol–water partition coefficient (Wildman–Crippen LogP) is 0.445. The molecule has 2 rings (SSSR count). The highest BCUT2D eigenvalue weighted by Crippen LogP contribution is 2.07. The molecule has 0 saturated carbocycles. The van der Waals surface area contributed by atoms with Crippen LogP contribution in [0.15, 0.2) is 18.7 Å². The number of rotatable bonds is 7. The van der Waals surface area contributed by atoms with Crippen molar-refractivity contribution in [2.24, 2.45) is 0 Å². The van der Waals surface area contributed by atoms with E-state index in [1.807, 2.05) is 0 Å². The second-order valence-corrected chi connectivity index (χ2v) is 5.07. The Morgan fingerprint density at radius 2 is 2.23 bits per heavy atom. The van der Waals surface area contributed by atoms with Gasteiger partial charge in [-0.15, -0.1) is 6.58 Å². The summed E-state index contributed by atoms with van der Waals surface area (Å²) in [5.74, 6) is 1.02. The van der Waals surface area contributed by atoms with Crippen LogP contribution in [0, 0.1) is 6.92 Å². The van der Waals surface area contributed by atoms with E-state index in [0.29, 0.717) is 23.9 Å². The molecule has 2 N–H and O–H groups in total. The second-order valence-electron chi connectivity index (χ2n) is 5.07. The van der Waals surface area contributed by atoms with Crippen LogP contribution < -0.4 is 10.6 Å². The van der Waals surface area contributed by atoms with Crippen LogP contribution in [0.2, 0.25) is 0 Å². The van der Waals surface area contributed by atoms with Crippen LogP contribution in [0.4, 0.5) is 5.82 Å². The Bertz CT molecular complexity index is 515. The number of carbonyl (C=O) groups excluding carboxylic acids is 1. The molecule has 120 valence electrons. The van der Waals surface area contributed by atoms with Gasteiger partial charge in [-0.05, 0) is 6.92 Å². The van der Waals surface area contributed by atoms with Crippen LogP contribution in [0.1, 0.15) is 16.3 Å². The fourth-order valence-corrected chi connectivity index (χ4v) is 2.20. The van der Waals surface area contributed by atoms with Gasteiger partial charge >= 0.3 is 0 Å². The highest BCUT2D eigenvalue weighted by atomic mass is 16.5. The highest BCUT2D eigenvalue weighted by Gasteiger charge is 2.11. The molecule has 1 aromatic rings. The number of morpholine rings is 1. The van der Waals surface area contributed by atoms with Crippen molar-refractivity contribution in [2.45, 2.75) is 6.92 Å². The summed E-state index contributed by atoms with van der Waals surface area (Å²) in [7, 11) is 0. The molecule has 7 nitrogen and oxygen atoms in total. The number of anilines is 1.